The lowest BCUT2D eigenvalue weighted by atomic mass is 9.99. The van der Waals surface area contributed by atoms with E-state index in [9.17, 15) is 4.79 Å². The van der Waals surface area contributed by atoms with E-state index in [1.54, 1.807) is 0 Å². The first-order valence-electron chi connectivity index (χ1n) is 14.6. The number of carbonyl (C=O) groups excluding carboxylic acids is 1. The number of allylic oxidation sites excluding steroid dienone is 3. The van der Waals surface area contributed by atoms with Crippen LogP contribution in [0.4, 0.5) is 0 Å². The number of amides is 1. The highest BCUT2D eigenvalue weighted by molar-refractivity contribution is 5.78. The summed E-state index contributed by atoms with van der Waals surface area (Å²) in [5.41, 5.74) is 7.03. The van der Waals surface area contributed by atoms with E-state index in [-0.39, 0.29) is 5.91 Å². The van der Waals surface area contributed by atoms with Gasteiger partial charge in [-0.25, -0.2) is 0 Å². The van der Waals surface area contributed by atoms with Crippen molar-refractivity contribution in [2.75, 3.05) is 0 Å². The first-order chi connectivity index (χ1) is 19.4. The molecule has 0 atom stereocenters. The zero-order chi connectivity index (χ0) is 29.8. The minimum absolute atomic E-state index is 0.0720. The van der Waals surface area contributed by atoms with Crippen LogP contribution in [-0.4, -0.2) is 5.91 Å². The van der Waals surface area contributed by atoms with Crippen LogP contribution in [0.1, 0.15) is 83.9 Å². The standard InChI is InChI=1S/C18H19NO.C13H14.C5H10.C2H6/c1-3-18(20)19-13-15-9-11-17(12-10-15)14(2)16-7-5-4-6-8-16;1-2-11-7-3-4-8-12-9-5-6-10-13(11)12;1-4-5(2)3;1-2/h4-12H,2-3,13H2,1H3,(H,19,20);3,5-10H,2,4H2,1H3;2,4H2,1,3H3;1-2H3. The van der Waals surface area contributed by atoms with Crippen molar-refractivity contribution in [2.45, 2.75) is 73.8 Å². The Balaban J connectivity index is 0.000000342. The number of fused-ring (bicyclic) bond motifs is 1. The van der Waals surface area contributed by atoms with Crippen molar-refractivity contribution in [3.8, 4) is 0 Å². The normalized spacial score (nSPS) is 10.9. The summed E-state index contributed by atoms with van der Waals surface area (Å²) in [5, 5.41) is 5.65. The molecule has 0 radical (unpaired) electrons. The number of carbonyl (C=O) groups is 1. The van der Waals surface area contributed by atoms with Crippen LogP contribution in [0.5, 0.6) is 0 Å². The van der Waals surface area contributed by atoms with E-state index >= 15 is 0 Å². The monoisotopic (exact) mass is 535 g/mol. The Kier molecular flexibility index (Phi) is 17.1. The minimum Gasteiger partial charge on any atom is -0.352 e. The maximum Gasteiger partial charge on any atom is 0.219 e. The number of hydrogen-bond acceptors (Lipinski definition) is 1. The summed E-state index contributed by atoms with van der Waals surface area (Å²) >= 11 is 0. The van der Waals surface area contributed by atoms with E-state index in [1.807, 2.05) is 70.2 Å². The summed E-state index contributed by atoms with van der Waals surface area (Å²) in [4.78, 5) is 11.2. The third kappa shape index (κ3) is 12.3. The van der Waals surface area contributed by atoms with Gasteiger partial charge in [0.25, 0.3) is 0 Å². The maximum atomic E-state index is 11.2. The van der Waals surface area contributed by atoms with Crippen LogP contribution in [0.15, 0.2) is 110 Å². The van der Waals surface area contributed by atoms with E-state index in [0.717, 1.165) is 41.5 Å². The van der Waals surface area contributed by atoms with E-state index in [2.05, 4.69) is 86.9 Å². The van der Waals surface area contributed by atoms with Crippen molar-refractivity contribution in [2.24, 2.45) is 0 Å². The fraction of sp³-hybridized carbons (Fsp3) is 0.289. The molecule has 40 heavy (non-hydrogen) atoms. The Morgan fingerprint density at radius 3 is 1.95 bits per heavy atom. The molecule has 0 spiro atoms. The van der Waals surface area contributed by atoms with Gasteiger partial charge in [0, 0.05) is 13.0 Å². The summed E-state index contributed by atoms with van der Waals surface area (Å²) in [6, 6.07) is 26.9. The van der Waals surface area contributed by atoms with Crippen molar-refractivity contribution >= 4 is 23.1 Å². The average molecular weight is 536 g/mol. The SMILES string of the molecule is C=C(C)CC.C=C(c1ccccc1)c1ccc(CNC(=O)CC)cc1.CC.CCC1=c2ccccc2=CCC=C1. The predicted octanol–water partition coefficient (Wildman–Crippen LogP) is 8.76. The van der Waals surface area contributed by atoms with Gasteiger partial charge in [-0.3, -0.25) is 4.79 Å². The van der Waals surface area contributed by atoms with Gasteiger partial charge in [-0.15, -0.1) is 6.58 Å². The van der Waals surface area contributed by atoms with Crippen molar-refractivity contribution in [3.05, 3.63) is 137 Å². The molecule has 1 N–H and O–H groups in total. The lowest BCUT2D eigenvalue weighted by molar-refractivity contribution is -0.120. The minimum atomic E-state index is 0.0720. The molecule has 212 valence electrons. The molecule has 0 heterocycles. The second-order valence-corrected chi connectivity index (χ2v) is 9.29. The molecule has 3 aromatic rings. The molecule has 1 aliphatic rings. The number of nitrogens with one attached hydrogen (secondary N) is 1. The van der Waals surface area contributed by atoms with Gasteiger partial charge < -0.3 is 5.32 Å². The average Bonchev–Trinajstić information content (AvgIpc) is 3.24. The summed E-state index contributed by atoms with van der Waals surface area (Å²) in [7, 11) is 0. The van der Waals surface area contributed by atoms with Crippen molar-refractivity contribution in [1.82, 2.24) is 5.32 Å². The van der Waals surface area contributed by atoms with Crippen LogP contribution in [0, 0.1) is 0 Å². The number of hydrogen-bond donors (Lipinski definition) is 1. The highest BCUT2D eigenvalue weighted by atomic mass is 16.1. The summed E-state index contributed by atoms with van der Waals surface area (Å²) < 4.78 is 0. The zero-order valence-electron chi connectivity index (χ0n) is 25.6. The largest absolute Gasteiger partial charge is 0.352 e. The lowest BCUT2D eigenvalue weighted by Crippen LogP contribution is -2.25. The van der Waals surface area contributed by atoms with E-state index in [0.29, 0.717) is 13.0 Å². The van der Waals surface area contributed by atoms with Gasteiger partial charge in [0.2, 0.25) is 5.91 Å². The number of benzene rings is 3. The van der Waals surface area contributed by atoms with Crippen molar-refractivity contribution in [1.29, 1.82) is 0 Å². The van der Waals surface area contributed by atoms with Gasteiger partial charge in [0.05, 0.1) is 0 Å². The topological polar surface area (TPSA) is 29.1 Å². The quantitative estimate of drug-likeness (QED) is 0.301. The van der Waals surface area contributed by atoms with Crippen molar-refractivity contribution < 1.29 is 4.79 Å². The van der Waals surface area contributed by atoms with Gasteiger partial charge in [-0.05, 0) is 64.5 Å². The Labute approximate surface area is 243 Å². The molecule has 4 rings (SSSR count). The molecule has 3 aromatic carbocycles. The number of rotatable bonds is 7. The third-order valence-electron chi connectivity index (χ3n) is 6.32. The van der Waals surface area contributed by atoms with Crippen molar-refractivity contribution in [3.63, 3.8) is 0 Å². The second-order valence-electron chi connectivity index (χ2n) is 9.29. The Morgan fingerprint density at radius 2 is 1.38 bits per heavy atom. The first-order valence-corrected chi connectivity index (χ1v) is 14.6. The van der Waals surface area contributed by atoms with Crippen LogP contribution in [0.25, 0.3) is 17.2 Å². The fourth-order valence-electron chi connectivity index (χ4n) is 3.73. The Bertz CT molecular complexity index is 1330. The van der Waals surface area contributed by atoms with Crippen LogP contribution in [0.3, 0.4) is 0 Å². The van der Waals surface area contributed by atoms with Gasteiger partial charge in [0.15, 0.2) is 0 Å². The highest BCUT2D eigenvalue weighted by Crippen LogP contribution is 2.21. The second kappa shape index (κ2) is 20.1. The van der Waals surface area contributed by atoms with Gasteiger partial charge in [-0.2, -0.15) is 0 Å². The van der Waals surface area contributed by atoms with Gasteiger partial charge in [0.1, 0.15) is 0 Å². The zero-order valence-corrected chi connectivity index (χ0v) is 25.6. The molecule has 0 aromatic heterocycles. The molecule has 0 fully saturated rings. The maximum absolute atomic E-state index is 11.2. The van der Waals surface area contributed by atoms with Crippen LogP contribution in [-0.2, 0) is 11.3 Å². The van der Waals surface area contributed by atoms with E-state index < -0.39 is 0 Å². The van der Waals surface area contributed by atoms with Gasteiger partial charge in [-0.1, -0.05) is 144 Å². The molecule has 1 aliphatic carbocycles. The molecular weight excluding hydrogens is 486 g/mol. The first kappa shape index (κ1) is 34.1. The molecule has 2 nitrogen and oxygen atoms in total. The Morgan fingerprint density at radius 1 is 0.800 bits per heavy atom. The third-order valence-corrected chi connectivity index (χ3v) is 6.32. The molecule has 0 unspecified atom stereocenters. The molecular formula is C38H49NO. The molecule has 0 bridgehead atoms. The molecule has 0 saturated heterocycles. The van der Waals surface area contributed by atoms with Crippen LogP contribution in [0.2, 0.25) is 0 Å². The summed E-state index contributed by atoms with van der Waals surface area (Å²) in [6.07, 6.45) is 10.6. The lowest BCUT2D eigenvalue weighted by Gasteiger charge is -2.08. The summed E-state index contributed by atoms with van der Waals surface area (Å²) in [6.45, 7) is 20.6. The molecule has 0 saturated carbocycles. The highest BCUT2D eigenvalue weighted by Gasteiger charge is 2.03. The van der Waals surface area contributed by atoms with E-state index in [1.165, 1.54) is 21.6 Å². The molecule has 2 heteroatoms. The smallest absolute Gasteiger partial charge is 0.219 e. The molecule has 0 aliphatic heterocycles. The predicted molar refractivity (Wildman–Crippen MR) is 177 cm³/mol. The summed E-state index contributed by atoms with van der Waals surface area (Å²) in [5.74, 6) is 0.0720. The van der Waals surface area contributed by atoms with E-state index in [4.69, 9.17) is 0 Å². The Hall–Kier alpha value is -3.91. The van der Waals surface area contributed by atoms with Gasteiger partial charge >= 0.3 is 0 Å². The fourth-order valence-corrected chi connectivity index (χ4v) is 3.73. The van der Waals surface area contributed by atoms with Crippen LogP contribution >= 0.6 is 0 Å². The van der Waals surface area contributed by atoms with Crippen LogP contribution < -0.4 is 15.8 Å². The molecule has 1 amide bonds.